The molecule has 1 atom stereocenters. The first-order chi connectivity index (χ1) is 23.3. The largest absolute Gasteiger partial charge is 0.497 e. The van der Waals surface area contributed by atoms with Gasteiger partial charge in [0.2, 0.25) is 11.8 Å². The minimum absolute atomic E-state index is 0.0823. The molecule has 1 aliphatic rings. The molecule has 1 aromatic heterocycles. The maximum atomic E-state index is 13.4. The molecule has 9 nitrogen and oxygen atoms in total. The van der Waals surface area contributed by atoms with E-state index in [0.717, 1.165) is 33.4 Å². The van der Waals surface area contributed by atoms with Gasteiger partial charge < -0.3 is 9.47 Å². The predicted molar refractivity (Wildman–Crippen MR) is 181 cm³/mol. The van der Waals surface area contributed by atoms with Crippen molar-refractivity contribution in [2.24, 2.45) is 0 Å². The van der Waals surface area contributed by atoms with E-state index in [1.165, 1.54) is 24.3 Å². The smallest absolute Gasteiger partial charge is 0.338 e. The van der Waals surface area contributed by atoms with Crippen molar-refractivity contribution in [2.75, 3.05) is 18.6 Å². The second kappa shape index (κ2) is 14.2. The average Bonchev–Trinajstić information content (AvgIpc) is 3.42. The minimum Gasteiger partial charge on any atom is -0.497 e. The maximum Gasteiger partial charge on any atom is 0.338 e. The van der Waals surface area contributed by atoms with Crippen molar-refractivity contribution in [3.63, 3.8) is 0 Å². The lowest BCUT2D eigenvalue weighted by Gasteiger charge is -2.15. The number of carbonyl (C=O) groups excluding carboxylic acids is 4. The molecule has 1 unspecified atom stereocenters. The van der Waals surface area contributed by atoms with Gasteiger partial charge in [-0.05, 0) is 71.8 Å². The molecule has 5 aromatic rings. The molecule has 6 rings (SSSR count). The van der Waals surface area contributed by atoms with Crippen molar-refractivity contribution in [1.82, 2.24) is 4.98 Å². The number of imide groups is 1. The monoisotopic (exact) mass is 653 g/mol. The zero-order valence-corrected chi connectivity index (χ0v) is 26.5. The molecule has 0 aliphatic carbocycles. The van der Waals surface area contributed by atoms with Gasteiger partial charge in [-0.1, -0.05) is 66.4 Å². The molecule has 236 valence electrons. The van der Waals surface area contributed by atoms with Gasteiger partial charge in [-0.15, -0.1) is 0 Å². The summed E-state index contributed by atoms with van der Waals surface area (Å²) in [5, 5.41) is 9.23. The molecule has 1 aliphatic heterocycles. The van der Waals surface area contributed by atoms with Crippen LogP contribution in [0, 0.1) is 11.3 Å². The summed E-state index contributed by atoms with van der Waals surface area (Å²) in [6.45, 7) is -0.439. The van der Waals surface area contributed by atoms with Crippen LogP contribution in [0.1, 0.15) is 32.7 Å². The third kappa shape index (κ3) is 6.87. The number of Topliss-reactive ketones (excluding diaryl/α,β-unsaturated/α-hetero) is 1. The lowest BCUT2D eigenvalue weighted by Crippen LogP contribution is -2.31. The van der Waals surface area contributed by atoms with E-state index in [0.29, 0.717) is 33.3 Å². The Balaban J connectivity index is 1.08. The number of esters is 1. The highest BCUT2D eigenvalue weighted by Gasteiger charge is 2.41. The molecule has 0 saturated carbocycles. The Morgan fingerprint density at radius 1 is 0.833 bits per heavy atom. The van der Waals surface area contributed by atoms with Crippen LogP contribution in [-0.4, -0.2) is 47.5 Å². The highest BCUT2D eigenvalue weighted by atomic mass is 32.2. The zero-order chi connectivity index (χ0) is 33.6. The van der Waals surface area contributed by atoms with Crippen LogP contribution in [0.3, 0.4) is 0 Å². The fourth-order valence-electron chi connectivity index (χ4n) is 5.16. The van der Waals surface area contributed by atoms with E-state index >= 15 is 0 Å². The molecule has 48 heavy (non-hydrogen) atoms. The Morgan fingerprint density at radius 3 is 2.15 bits per heavy atom. The number of rotatable bonds is 10. The van der Waals surface area contributed by atoms with Crippen molar-refractivity contribution in [3.05, 3.63) is 132 Å². The lowest BCUT2D eigenvalue weighted by atomic mass is 10.0. The van der Waals surface area contributed by atoms with Crippen LogP contribution in [0.5, 0.6) is 5.75 Å². The Kier molecular flexibility index (Phi) is 9.41. The number of methoxy groups -OCH3 is 1. The van der Waals surface area contributed by atoms with Crippen LogP contribution < -0.4 is 9.64 Å². The minimum atomic E-state index is -0.791. The number of ether oxygens (including phenoxy) is 2. The number of carbonyl (C=O) groups is 4. The number of hydrogen-bond donors (Lipinski definition) is 0. The van der Waals surface area contributed by atoms with Crippen molar-refractivity contribution >= 4 is 41.0 Å². The number of hydrogen-bond acceptors (Lipinski definition) is 9. The van der Waals surface area contributed by atoms with Gasteiger partial charge in [0.25, 0.3) is 0 Å². The molecule has 10 heteroatoms. The number of benzene rings is 4. The predicted octanol–water partition coefficient (Wildman–Crippen LogP) is 6.76. The number of ketones is 1. The van der Waals surface area contributed by atoms with Crippen LogP contribution in [-0.2, 0) is 14.3 Å². The van der Waals surface area contributed by atoms with Gasteiger partial charge in [-0.3, -0.25) is 14.4 Å². The summed E-state index contributed by atoms with van der Waals surface area (Å²) < 4.78 is 10.5. The van der Waals surface area contributed by atoms with Gasteiger partial charge in [0.1, 0.15) is 16.8 Å². The molecular weight excluding hydrogens is 627 g/mol. The van der Waals surface area contributed by atoms with Gasteiger partial charge in [-0.25, -0.2) is 14.7 Å². The molecule has 0 radical (unpaired) electrons. The topological polar surface area (TPSA) is 127 Å². The number of nitrogens with zero attached hydrogens (tertiary/aromatic N) is 3. The van der Waals surface area contributed by atoms with E-state index in [1.54, 1.807) is 43.5 Å². The average molecular weight is 654 g/mol. The van der Waals surface area contributed by atoms with Crippen LogP contribution in [0.25, 0.3) is 22.4 Å². The molecule has 0 spiro atoms. The summed E-state index contributed by atoms with van der Waals surface area (Å²) in [5.74, 6) is -1.24. The molecule has 1 saturated heterocycles. The van der Waals surface area contributed by atoms with Crippen molar-refractivity contribution in [3.8, 4) is 34.2 Å². The molecule has 2 heterocycles. The highest BCUT2D eigenvalue weighted by Crippen LogP contribution is 2.36. The van der Waals surface area contributed by atoms with E-state index in [-0.39, 0.29) is 17.8 Å². The van der Waals surface area contributed by atoms with E-state index in [1.807, 2.05) is 54.6 Å². The quantitative estimate of drug-likeness (QED) is 0.0913. The molecule has 0 N–H and O–H groups in total. The maximum absolute atomic E-state index is 13.4. The number of aromatic nitrogens is 1. The van der Waals surface area contributed by atoms with Crippen LogP contribution in [0.4, 0.5) is 5.69 Å². The molecule has 1 fully saturated rings. The van der Waals surface area contributed by atoms with Gasteiger partial charge >= 0.3 is 5.97 Å². The first kappa shape index (κ1) is 31.9. The number of thioether (sulfide) groups is 1. The molecular formula is C38H27N3O6S. The standard InChI is InChI=1S/C38H27N3O6S/c1-46-31-18-13-26(14-19-31)32-20-15-29(22-39)36(40-32)48-34-21-35(43)41(37(34)44)30-16-11-28(12-17-30)38(45)47-23-33(42)27-9-7-25(8-10-27)24-5-3-2-4-6-24/h2-20,34H,21,23H2,1H3. The first-order valence-corrected chi connectivity index (χ1v) is 15.8. The van der Waals surface area contributed by atoms with Crippen LogP contribution in [0.15, 0.2) is 120 Å². The normalized spacial score (nSPS) is 14.0. The Labute approximate surface area is 280 Å². The number of nitriles is 1. The third-order valence-electron chi connectivity index (χ3n) is 7.74. The number of amides is 2. The van der Waals surface area contributed by atoms with Crippen molar-refractivity contribution in [1.29, 1.82) is 5.26 Å². The SMILES string of the molecule is COc1ccc(-c2ccc(C#N)c(SC3CC(=O)N(c4ccc(C(=O)OCC(=O)c5ccc(-c6ccccc6)cc5)cc4)C3=O)n2)cc1. The summed E-state index contributed by atoms with van der Waals surface area (Å²) in [6.07, 6.45) is -0.0823. The van der Waals surface area contributed by atoms with Gasteiger partial charge in [0.15, 0.2) is 12.4 Å². The van der Waals surface area contributed by atoms with E-state index in [4.69, 9.17) is 9.47 Å². The number of pyridine rings is 1. The highest BCUT2D eigenvalue weighted by molar-refractivity contribution is 8.00. The molecule has 2 amide bonds. The van der Waals surface area contributed by atoms with Gasteiger partial charge in [-0.2, -0.15) is 5.26 Å². The second-order valence-corrected chi connectivity index (χ2v) is 11.9. The Bertz CT molecular complexity index is 2040. The summed E-state index contributed by atoms with van der Waals surface area (Å²) >= 11 is 1.07. The summed E-state index contributed by atoms with van der Waals surface area (Å²) in [7, 11) is 1.58. The molecule has 0 bridgehead atoms. The number of anilines is 1. The van der Waals surface area contributed by atoms with Gasteiger partial charge in [0.05, 0.1) is 34.9 Å². The first-order valence-electron chi connectivity index (χ1n) is 14.9. The Hall–Kier alpha value is -6.05. The summed E-state index contributed by atoms with van der Waals surface area (Å²) in [6, 6.07) is 35.4. The second-order valence-electron chi connectivity index (χ2n) is 10.8. The van der Waals surface area contributed by atoms with Crippen LogP contribution in [0.2, 0.25) is 0 Å². The lowest BCUT2D eigenvalue weighted by molar-refractivity contribution is -0.121. The fourth-order valence-corrected chi connectivity index (χ4v) is 6.26. The van der Waals surface area contributed by atoms with E-state index in [9.17, 15) is 24.4 Å². The van der Waals surface area contributed by atoms with Crippen LogP contribution >= 0.6 is 11.8 Å². The van der Waals surface area contributed by atoms with Crippen molar-refractivity contribution < 1.29 is 28.7 Å². The molecule has 4 aromatic carbocycles. The Morgan fingerprint density at radius 2 is 1.48 bits per heavy atom. The van der Waals surface area contributed by atoms with Gasteiger partial charge in [0, 0.05) is 17.5 Å². The summed E-state index contributed by atoms with van der Waals surface area (Å²) in [5.41, 5.74) is 4.57. The van der Waals surface area contributed by atoms with E-state index in [2.05, 4.69) is 11.1 Å². The fraction of sp³-hybridized carbons (Fsp3) is 0.105. The van der Waals surface area contributed by atoms with Crippen molar-refractivity contribution in [2.45, 2.75) is 16.7 Å². The van der Waals surface area contributed by atoms with E-state index < -0.39 is 29.6 Å². The third-order valence-corrected chi connectivity index (χ3v) is 8.92. The summed E-state index contributed by atoms with van der Waals surface area (Å²) in [4.78, 5) is 57.4. The zero-order valence-electron chi connectivity index (χ0n) is 25.7.